The lowest BCUT2D eigenvalue weighted by atomic mass is 10.2. The highest BCUT2D eigenvalue weighted by atomic mass is 16.5. The van der Waals surface area contributed by atoms with Gasteiger partial charge in [-0.1, -0.05) is 18.1 Å². The Morgan fingerprint density at radius 1 is 1.39 bits per heavy atom. The zero-order chi connectivity index (χ0) is 16.7. The Balaban J connectivity index is 2.05. The number of terminal acetylenes is 1. The molecule has 0 aliphatic rings. The average molecular weight is 315 g/mol. The third-order valence-corrected chi connectivity index (χ3v) is 2.99. The summed E-state index contributed by atoms with van der Waals surface area (Å²) in [5, 5.41) is 10.4. The number of carbonyl (C=O) groups is 1. The second-order valence-electron chi connectivity index (χ2n) is 4.62. The monoisotopic (exact) mass is 315 g/mol. The summed E-state index contributed by atoms with van der Waals surface area (Å²) in [6.07, 6.45) is 5.24. The standard InChI is InChI=1S/C16H17N3O4/c1-4-11(10-21-2)17-14(20)9-15-18-19-16(23-15)12-7-5-6-8-13(12)22-3/h1,5-8,11H,9-10H2,2-3H3,(H,17,20). The second-order valence-corrected chi connectivity index (χ2v) is 4.62. The van der Waals surface area contributed by atoms with Crippen LogP contribution in [0.15, 0.2) is 28.7 Å². The molecule has 1 aromatic carbocycles. The van der Waals surface area contributed by atoms with E-state index in [2.05, 4.69) is 21.4 Å². The van der Waals surface area contributed by atoms with Gasteiger partial charge in [0.1, 0.15) is 18.2 Å². The molecule has 1 N–H and O–H groups in total. The Labute approximate surface area is 134 Å². The molecule has 1 heterocycles. The SMILES string of the molecule is C#CC(COC)NC(=O)Cc1nnc(-c2ccccc2OC)o1. The first kappa shape index (κ1) is 16.5. The summed E-state index contributed by atoms with van der Waals surface area (Å²) in [5.74, 6) is 3.20. The van der Waals surface area contributed by atoms with E-state index in [1.165, 1.54) is 7.11 Å². The molecule has 0 aliphatic carbocycles. The lowest BCUT2D eigenvalue weighted by molar-refractivity contribution is -0.121. The number of nitrogens with zero attached hydrogens (tertiary/aromatic N) is 2. The van der Waals surface area contributed by atoms with Gasteiger partial charge >= 0.3 is 0 Å². The van der Waals surface area contributed by atoms with E-state index in [0.717, 1.165) is 0 Å². The molecule has 0 radical (unpaired) electrons. The van der Waals surface area contributed by atoms with Crippen LogP contribution in [0.5, 0.6) is 5.75 Å². The van der Waals surface area contributed by atoms with Gasteiger partial charge in [-0.3, -0.25) is 4.79 Å². The molecule has 2 aromatic rings. The number of aromatic nitrogens is 2. The molecule has 0 spiro atoms. The molecule has 7 heteroatoms. The fourth-order valence-corrected chi connectivity index (χ4v) is 1.94. The van der Waals surface area contributed by atoms with Crippen LogP contribution in [0.3, 0.4) is 0 Å². The van der Waals surface area contributed by atoms with E-state index in [-0.39, 0.29) is 30.7 Å². The molecule has 7 nitrogen and oxygen atoms in total. The van der Waals surface area contributed by atoms with Crippen molar-refractivity contribution in [3.05, 3.63) is 30.2 Å². The maximum Gasteiger partial charge on any atom is 0.251 e. The second kappa shape index (κ2) is 7.96. The Morgan fingerprint density at radius 3 is 2.87 bits per heavy atom. The molecular weight excluding hydrogens is 298 g/mol. The molecule has 1 unspecified atom stereocenters. The van der Waals surface area contributed by atoms with Gasteiger partial charge in [0.15, 0.2) is 0 Å². The van der Waals surface area contributed by atoms with Crippen LogP contribution in [0.25, 0.3) is 11.5 Å². The number of para-hydroxylation sites is 1. The maximum absolute atomic E-state index is 11.9. The topological polar surface area (TPSA) is 86.5 Å². The van der Waals surface area contributed by atoms with E-state index in [0.29, 0.717) is 11.3 Å². The lowest BCUT2D eigenvalue weighted by Crippen LogP contribution is -2.37. The normalized spacial score (nSPS) is 11.5. The van der Waals surface area contributed by atoms with Crippen LogP contribution < -0.4 is 10.1 Å². The van der Waals surface area contributed by atoms with E-state index >= 15 is 0 Å². The summed E-state index contributed by atoms with van der Waals surface area (Å²) >= 11 is 0. The minimum atomic E-state index is -0.496. The van der Waals surface area contributed by atoms with Crippen molar-refractivity contribution in [1.82, 2.24) is 15.5 Å². The van der Waals surface area contributed by atoms with Crippen LogP contribution in [-0.2, 0) is 16.0 Å². The molecular formula is C16H17N3O4. The molecule has 0 saturated carbocycles. The van der Waals surface area contributed by atoms with Crippen LogP contribution in [0, 0.1) is 12.3 Å². The van der Waals surface area contributed by atoms with Crippen molar-refractivity contribution in [2.45, 2.75) is 12.5 Å². The summed E-state index contributed by atoms with van der Waals surface area (Å²) in [4.78, 5) is 11.9. The highest BCUT2D eigenvalue weighted by Crippen LogP contribution is 2.28. The number of amides is 1. The predicted molar refractivity (Wildman–Crippen MR) is 82.6 cm³/mol. The fraction of sp³-hybridized carbons (Fsp3) is 0.312. The zero-order valence-corrected chi connectivity index (χ0v) is 12.9. The third kappa shape index (κ3) is 4.31. The van der Waals surface area contributed by atoms with E-state index < -0.39 is 6.04 Å². The van der Waals surface area contributed by atoms with Crippen molar-refractivity contribution in [2.24, 2.45) is 0 Å². The number of hydrogen-bond acceptors (Lipinski definition) is 6. The quantitative estimate of drug-likeness (QED) is 0.769. The van der Waals surface area contributed by atoms with Gasteiger partial charge in [0, 0.05) is 7.11 Å². The fourth-order valence-electron chi connectivity index (χ4n) is 1.94. The molecule has 2 rings (SSSR count). The van der Waals surface area contributed by atoms with Crippen LogP contribution in [0.1, 0.15) is 5.89 Å². The van der Waals surface area contributed by atoms with Crippen LogP contribution in [-0.4, -0.2) is 43.0 Å². The Morgan fingerprint density at radius 2 is 2.17 bits per heavy atom. The van der Waals surface area contributed by atoms with Crippen LogP contribution in [0.2, 0.25) is 0 Å². The molecule has 23 heavy (non-hydrogen) atoms. The first-order valence-corrected chi connectivity index (χ1v) is 6.88. The van der Waals surface area contributed by atoms with Crippen molar-refractivity contribution in [3.8, 4) is 29.5 Å². The molecule has 0 bridgehead atoms. The molecule has 0 fully saturated rings. The number of methoxy groups -OCH3 is 2. The minimum absolute atomic E-state index is 0.0654. The summed E-state index contributed by atoms with van der Waals surface area (Å²) in [6.45, 7) is 0.235. The first-order chi connectivity index (χ1) is 11.2. The van der Waals surface area contributed by atoms with Gasteiger partial charge in [0.25, 0.3) is 5.89 Å². The zero-order valence-electron chi connectivity index (χ0n) is 12.9. The van der Waals surface area contributed by atoms with Gasteiger partial charge < -0.3 is 19.2 Å². The Hall–Kier alpha value is -2.85. The average Bonchev–Trinajstić information content (AvgIpc) is 3.02. The maximum atomic E-state index is 11.9. The third-order valence-electron chi connectivity index (χ3n) is 2.99. The number of hydrogen-bond donors (Lipinski definition) is 1. The van der Waals surface area contributed by atoms with Crippen molar-refractivity contribution in [3.63, 3.8) is 0 Å². The highest BCUT2D eigenvalue weighted by molar-refractivity contribution is 5.78. The molecule has 1 amide bonds. The summed E-state index contributed by atoms with van der Waals surface area (Å²) in [7, 11) is 3.06. The van der Waals surface area contributed by atoms with Gasteiger partial charge in [0.05, 0.1) is 19.3 Å². The Kier molecular flexibility index (Phi) is 5.72. The molecule has 0 saturated heterocycles. The summed E-state index contributed by atoms with van der Waals surface area (Å²) < 4.78 is 15.7. The van der Waals surface area contributed by atoms with Crippen LogP contribution in [0.4, 0.5) is 0 Å². The smallest absolute Gasteiger partial charge is 0.251 e. The van der Waals surface area contributed by atoms with E-state index in [1.807, 2.05) is 12.1 Å². The number of carbonyl (C=O) groups excluding carboxylic acids is 1. The molecule has 120 valence electrons. The minimum Gasteiger partial charge on any atom is -0.496 e. The lowest BCUT2D eigenvalue weighted by Gasteiger charge is -2.10. The van der Waals surface area contributed by atoms with Crippen molar-refractivity contribution in [1.29, 1.82) is 0 Å². The van der Waals surface area contributed by atoms with Crippen molar-refractivity contribution < 1.29 is 18.7 Å². The van der Waals surface area contributed by atoms with E-state index in [1.54, 1.807) is 19.2 Å². The van der Waals surface area contributed by atoms with Crippen LogP contribution >= 0.6 is 0 Å². The van der Waals surface area contributed by atoms with E-state index in [4.69, 9.17) is 20.3 Å². The van der Waals surface area contributed by atoms with Gasteiger partial charge in [-0.05, 0) is 12.1 Å². The van der Waals surface area contributed by atoms with Gasteiger partial charge in [0.2, 0.25) is 11.8 Å². The number of ether oxygens (including phenoxy) is 2. The Bertz CT molecular complexity index is 705. The summed E-state index contributed by atoms with van der Waals surface area (Å²) in [5.41, 5.74) is 0.662. The number of benzene rings is 1. The van der Waals surface area contributed by atoms with Crippen molar-refractivity contribution in [2.75, 3.05) is 20.8 Å². The molecule has 1 aromatic heterocycles. The van der Waals surface area contributed by atoms with E-state index in [9.17, 15) is 4.79 Å². The highest BCUT2D eigenvalue weighted by Gasteiger charge is 2.16. The predicted octanol–water partition coefficient (Wildman–Crippen LogP) is 1.05. The first-order valence-electron chi connectivity index (χ1n) is 6.88. The van der Waals surface area contributed by atoms with Crippen molar-refractivity contribution >= 4 is 5.91 Å². The van der Waals surface area contributed by atoms with Gasteiger partial charge in [-0.15, -0.1) is 16.6 Å². The largest absolute Gasteiger partial charge is 0.496 e. The summed E-state index contributed by atoms with van der Waals surface area (Å²) in [6, 6.07) is 6.75. The molecule has 0 aliphatic heterocycles. The van der Waals surface area contributed by atoms with Gasteiger partial charge in [-0.2, -0.15) is 0 Å². The molecule has 1 atom stereocenters. The number of nitrogens with one attached hydrogen (secondary N) is 1. The number of rotatable bonds is 7. The van der Waals surface area contributed by atoms with Gasteiger partial charge in [-0.25, -0.2) is 0 Å².